The number of rotatable bonds is 7. The van der Waals surface area contributed by atoms with Gasteiger partial charge in [0.1, 0.15) is 6.61 Å². The second-order valence-corrected chi connectivity index (χ2v) is 3.77. The van der Waals surface area contributed by atoms with Crippen LogP contribution in [0.1, 0.15) is 6.42 Å². The number of morpholine rings is 1. The van der Waals surface area contributed by atoms with Gasteiger partial charge >= 0.3 is 0 Å². The van der Waals surface area contributed by atoms with E-state index in [1.807, 2.05) is 0 Å². The van der Waals surface area contributed by atoms with E-state index in [9.17, 15) is 9.59 Å². The highest BCUT2D eigenvalue weighted by Gasteiger charge is 2.16. The molecule has 1 heterocycles. The molecule has 4 N–H and O–H groups in total. The average Bonchev–Trinajstić information content (AvgIpc) is 2.29. The molecule has 0 saturated carbocycles. The minimum atomic E-state index is -0.516. The third kappa shape index (κ3) is 6.88. The fourth-order valence-corrected chi connectivity index (χ4v) is 1.47. The summed E-state index contributed by atoms with van der Waals surface area (Å²) in [5.74, 6) is -0.598. The van der Waals surface area contributed by atoms with Crippen LogP contribution >= 0.6 is 0 Å². The summed E-state index contributed by atoms with van der Waals surface area (Å²) < 4.78 is 10.3. The van der Waals surface area contributed by atoms with Crippen LogP contribution in [0.4, 0.5) is 0 Å². The Kier molecular flexibility index (Phi) is 6.53. The van der Waals surface area contributed by atoms with Crippen LogP contribution in [0.5, 0.6) is 0 Å². The lowest BCUT2D eigenvalue weighted by Crippen LogP contribution is -2.41. The zero-order valence-corrected chi connectivity index (χ0v) is 9.74. The Balaban J connectivity index is 1.98. The van der Waals surface area contributed by atoms with E-state index in [4.69, 9.17) is 15.2 Å². The van der Waals surface area contributed by atoms with Gasteiger partial charge in [-0.3, -0.25) is 9.59 Å². The molecule has 1 aliphatic heterocycles. The molecule has 0 aromatic rings. The van der Waals surface area contributed by atoms with Crippen molar-refractivity contribution in [3.63, 3.8) is 0 Å². The van der Waals surface area contributed by atoms with Crippen molar-refractivity contribution in [2.24, 2.45) is 5.73 Å². The Bertz CT molecular complexity index is 254. The molecule has 1 unspecified atom stereocenters. The van der Waals surface area contributed by atoms with Crippen LogP contribution in [0, 0.1) is 0 Å². The smallest absolute Gasteiger partial charge is 0.243 e. The molecule has 0 bridgehead atoms. The van der Waals surface area contributed by atoms with Crippen LogP contribution in [0.3, 0.4) is 0 Å². The Morgan fingerprint density at radius 3 is 3.00 bits per heavy atom. The highest BCUT2D eigenvalue weighted by Crippen LogP contribution is 2.00. The molecule has 1 fully saturated rings. The van der Waals surface area contributed by atoms with E-state index in [1.54, 1.807) is 0 Å². The van der Waals surface area contributed by atoms with Gasteiger partial charge in [-0.2, -0.15) is 0 Å². The molecule has 7 nitrogen and oxygen atoms in total. The Hall–Kier alpha value is -1.18. The van der Waals surface area contributed by atoms with Crippen LogP contribution in [0.15, 0.2) is 0 Å². The molecular formula is C10H19N3O4. The number of hydrogen-bond donors (Lipinski definition) is 3. The summed E-state index contributed by atoms with van der Waals surface area (Å²) in [5, 5.41) is 5.83. The van der Waals surface area contributed by atoms with E-state index >= 15 is 0 Å². The van der Waals surface area contributed by atoms with Crippen molar-refractivity contribution in [2.75, 3.05) is 39.5 Å². The molecule has 17 heavy (non-hydrogen) atoms. The molecule has 1 saturated heterocycles. The van der Waals surface area contributed by atoms with Gasteiger partial charge in [0, 0.05) is 19.6 Å². The van der Waals surface area contributed by atoms with E-state index in [2.05, 4.69) is 10.6 Å². The molecule has 0 radical (unpaired) electrons. The molecule has 1 aliphatic rings. The first kappa shape index (κ1) is 13.9. The second-order valence-electron chi connectivity index (χ2n) is 3.77. The minimum Gasteiger partial charge on any atom is -0.375 e. The maximum absolute atomic E-state index is 11.4. The number of nitrogens with one attached hydrogen (secondary N) is 2. The van der Waals surface area contributed by atoms with Crippen molar-refractivity contribution in [2.45, 2.75) is 12.5 Å². The summed E-state index contributed by atoms with van der Waals surface area (Å²) in [5.41, 5.74) is 4.88. The van der Waals surface area contributed by atoms with E-state index in [0.29, 0.717) is 26.1 Å². The standard InChI is InChI=1S/C10H19N3O4/c11-9(14)7-16-3-2-13-10(15)5-8-6-12-1-4-17-8/h8,12H,1-7H2,(H2,11,14)(H,13,15). The van der Waals surface area contributed by atoms with Crippen molar-refractivity contribution in [3.05, 3.63) is 0 Å². The molecule has 2 amide bonds. The quantitative estimate of drug-likeness (QED) is 0.449. The van der Waals surface area contributed by atoms with Crippen LogP contribution in [0.2, 0.25) is 0 Å². The van der Waals surface area contributed by atoms with Crippen LogP contribution in [-0.2, 0) is 19.1 Å². The van der Waals surface area contributed by atoms with E-state index < -0.39 is 5.91 Å². The van der Waals surface area contributed by atoms with Crippen molar-refractivity contribution in [1.29, 1.82) is 0 Å². The Labute approximate surface area is 100 Å². The fourth-order valence-electron chi connectivity index (χ4n) is 1.47. The molecule has 0 aromatic heterocycles. The summed E-state index contributed by atoms with van der Waals surface area (Å²) >= 11 is 0. The van der Waals surface area contributed by atoms with Crippen LogP contribution in [-0.4, -0.2) is 57.4 Å². The highest BCUT2D eigenvalue weighted by molar-refractivity contribution is 5.76. The number of hydrogen-bond acceptors (Lipinski definition) is 5. The van der Waals surface area contributed by atoms with Gasteiger partial charge in [0.2, 0.25) is 11.8 Å². The lowest BCUT2D eigenvalue weighted by atomic mass is 10.2. The predicted octanol–water partition coefficient (Wildman–Crippen LogP) is -2.02. The van der Waals surface area contributed by atoms with E-state index in [0.717, 1.165) is 6.54 Å². The lowest BCUT2D eigenvalue weighted by molar-refractivity contribution is -0.124. The number of carbonyl (C=O) groups excluding carboxylic acids is 2. The molecule has 0 aromatic carbocycles. The fraction of sp³-hybridized carbons (Fsp3) is 0.800. The van der Waals surface area contributed by atoms with Gasteiger partial charge in [0.15, 0.2) is 0 Å². The maximum atomic E-state index is 11.4. The first-order valence-corrected chi connectivity index (χ1v) is 5.63. The zero-order valence-electron chi connectivity index (χ0n) is 9.74. The Morgan fingerprint density at radius 2 is 2.35 bits per heavy atom. The van der Waals surface area contributed by atoms with Crippen LogP contribution < -0.4 is 16.4 Å². The monoisotopic (exact) mass is 245 g/mol. The molecule has 98 valence electrons. The van der Waals surface area contributed by atoms with Gasteiger partial charge < -0.3 is 25.8 Å². The van der Waals surface area contributed by atoms with Gasteiger partial charge in [-0.15, -0.1) is 0 Å². The SMILES string of the molecule is NC(=O)COCCNC(=O)CC1CNCCO1. The molecule has 0 aliphatic carbocycles. The first-order valence-electron chi connectivity index (χ1n) is 5.63. The summed E-state index contributed by atoms with van der Waals surface area (Å²) in [6, 6.07) is 0. The van der Waals surface area contributed by atoms with Gasteiger partial charge in [-0.1, -0.05) is 0 Å². The second kappa shape index (κ2) is 7.99. The van der Waals surface area contributed by atoms with Crippen molar-refractivity contribution in [1.82, 2.24) is 10.6 Å². The number of primary amides is 1. The van der Waals surface area contributed by atoms with Gasteiger partial charge in [-0.25, -0.2) is 0 Å². The van der Waals surface area contributed by atoms with Crippen molar-refractivity contribution < 1.29 is 19.1 Å². The van der Waals surface area contributed by atoms with Gasteiger partial charge in [0.25, 0.3) is 0 Å². The molecule has 7 heteroatoms. The minimum absolute atomic E-state index is 0.0599. The van der Waals surface area contributed by atoms with Gasteiger partial charge in [-0.05, 0) is 0 Å². The number of ether oxygens (including phenoxy) is 2. The van der Waals surface area contributed by atoms with Crippen molar-refractivity contribution >= 4 is 11.8 Å². The number of carbonyl (C=O) groups is 2. The predicted molar refractivity (Wildman–Crippen MR) is 60.2 cm³/mol. The summed E-state index contributed by atoms with van der Waals surface area (Å²) in [4.78, 5) is 21.8. The Morgan fingerprint density at radius 1 is 1.53 bits per heavy atom. The maximum Gasteiger partial charge on any atom is 0.243 e. The third-order valence-corrected chi connectivity index (χ3v) is 2.23. The summed E-state index contributed by atoms with van der Waals surface area (Å²) in [6.07, 6.45) is 0.276. The average molecular weight is 245 g/mol. The lowest BCUT2D eigenvalue weighted by Gasteiger charge is -2.22. The van der Waals surface area contributed by atoms with E-state index in [1.165, 1.54) is 0 Å². The van der Waals surface area contributed by atoms with Crippen LogP contribution in [0.25, 0.3) is 0 Å². The molecule has 1 atom stereocenters. The zero-order chi connectivity index (χ0) is 12.5. The van der Waals surface area contributed by atoms with E-state index in [-0.39, 0.29) is 25.2 Å². The first-order chi connectivity index (χ1) is 8.18. The number of amides is 2. The summed E-state index contributed by atoms with van der Waals surface area (Å²) in [6.45, 7) is 2.70. The van der Waals surface area contributed by atoms with Crippen molar-refractivity contribution in [3.8, 4) is 0 Å². The molecular weight excluding hydrogens is 226 g/mol. The molecule has 1 rings (SSSR count). The van der Waals surface area contributed by atoms with Gasteiger partial charge in [0.05, 0.1) is 25.7 Å². The third-order valence-electron chi connectivity index (χ3n) is 2.23. The normalized spacial score (nSPS) is 19.9. The highest BCUT2D eigenvalue weighted by atomic mass is 16.5. The summed E-state index contributed by atoms with van der Waals surface area (Å²) in [7, 11) is 0. The topological polar surface area (TPSA) is 103 Å². The molecule has 0 spiro atoms. The number of nitrogens with two attached hydrogens (primary N) is 1. The largest absolute Gasteiger partial charge is 0.375 e.